The number of carbonyl (C=O) groups is 1. The number of nitrogens with zero attached hydrogens (tertiary/aromatic N) is 5. The SMILES string of the molecule is CC1(C(=O)N2CCC[C@H](Cc3cccc4ncccc34)CC2)CCN(c2ncccn2)CC1. The van der Waals surface area contributed by atoms with Crippen LogP contribution in [0.25, 0.3) is 10.9 Å². The molecule has 33 heavy (non-hydrogen) atoms. The van der Waals surface area contributed by atoms with Gasteiger partial charge in [-0.1, -0.05) is 25.1 Å². The van der Waals surface area contributed by atoms with Crippen LogP contribution in [-0.2, 0) is 11.2 Å². The monoisotopic (exact) mass is 443 g/mol. The normalized spacial score (nSPS) is 21.1. The van der Waals surface area contributed by atoms with Crippen LogP contribution >= 0.6 is 0 Å². The van der Waals surface area contributed by atoms with Gasteiger partial charge in [-0.3, -0.25) is 9.78 Å². The molecule has 6 nitrogen and oxygen atoms in total. The third-order valence-electron chi connectivity index (χ3n) is 7.60. The molecule has 1 atom stereocenters. The van der Waals surface area contributed by atoms with Crippen molar-refractivity contribution in [3.63, 3.8) is 0 Å². The first kappa shape index (κ1) is 21.8. The lowest BCUT2D eigenvalue weighted by Crippen LogP contribution is -2.49. The number of likely N-dealkylation sites (tertiary alicyclic amines) is 1. The first-order chi connectivity index (χ1) is 16.1. The van der Waals surface area contributed by atoms with Gasteiger partial charge in [0.1, 0.15) is 0 Å². The number of amides is 1. The maximum atomic E-state index is 13.6. The molecule has 2 aliphatic heterocycles. The number of anilines is 1. The van der Waals surface area contributed by atoms with Crippen LogP contribution in [0.5, 0.6) is 0 Å². The van der Waals surface area contributed by atoms with Crippen molar-refractivity contribution >= 4 is 22.8 Å². The standard InChI is InChI=1S/C27H33N5O/c1-27(11-18-32(19-12-27)26-29-14-5-15-30-26)25(33)31-16-4-6-21(10-17-31)20-22-7-2-9-24-23(22)8-3-13-28-24/h2-3,5,7-9,13-15,21H,4,6,10-12,16-20H2,1H3/t21-/m0/s1. The summed E-state index contributed by atoms with van der Waals surface area (Å²) in [6, 6.07) is 12.5. The molecule has 0 aliphatic carbocycles. The number of hydrogen-bond acceptors (Lipinski definition) is 5. The van der Waals surface area contributed by atoms with Gasteiger partial charge in [0.25, 0.3) is 0 Å². The smallest absolute Gasteiger partial charge is 0.228 e. The highest BCUT2D eigenvalue weighted by atomic mass is 16.2. The lowest BCUT2D eigenvalue weighted by molar-refractivity contribution is -0.142. The van der Waals surface area contributed by atoms with E-state index in [1.54, 1.807) is 12.4 Å². The first-order valence-electron chi connectivity index (χ1n) is 12.3. The van der Waals surface area contributed by atoms with Crippen LogP contribution in [0.15, 0.2) is 55.0 Å². The number of pyridine rings is 1. The third-order valence-corrected chi connectivity index (χ3v) is 7.60. The Balaban J connectivity index is 1.20. The molecule has 5 rings (SSSR count). The molecule has 3 aromatic rings. The Bertz CT molecular complexity index is 1090. The molecule has 0 saturated carbocycles. The number of benzene rings is 1. The minimum absolute atomic E-state index is 0.285. The molecule has 0 unspecified atom stereocenters. The predicted molar refractivity (Wildman–Crippen MR) is 131 cm³/mol. The van der Waals surface area contributed by atoms with Crippen LogP contribution in [0.2, 0.25) is 0 Å². The summed E-state index contributed by atoms with van der Waals surface area (Å²) < 4.78 is 0. The zero-order valence-electron chi connectivity index (χ0n) is 19.5. The highest BCUT2D eigenvalue weighted by molar-refractivity contribution is 5.83. The van der Waals surface area contributed by atoms with Gasteiger partial charge < -0.3 is 9.80 Å². The lowest BCUT2D eigenvalue weighted by atomic mass is 9.79. The van der Waals surface area contributed by atoms with Gasteiger partial charge in [0, 0.05) is 55.6 Å². The Morgan fingerprint density at radius 1 is 0.939 bits per heavy atom. The van der Waals surface area contributed by atoms with Gasteiger partial charge in [-0.15, -0.1) is 0 Å². The summed E-state index contributed by atoms with van der Waals surface area (Å²) in [7, 11) is 0. The van der Waals surface area contributed by atoms with E-state index in [9.17, 15) is 4.79 Å². The fraction of sp³-hybridized carbons (Fsp3) is 0.481. The fourth-order valence-corrected chi connectivity index (χ4v) is 5.48. The molecule has 0 N–H and O–H groups in total. The van der Waals surface area contributed by atoms with E-state index in [1.165, 1.54) is 17.4 Å². The Morgan fingerprint density at radius 2 is 1.73 bits per heavy atom. The largest absolute Gasteiger partial charge is 0.342 e. The Kier molecular flexibility index (Phi) is 6.25. The van der Waals surface area contributed by atoms with Crippen molar-refractivity contribution in [1.82, 2.24) is 19.9 Å². The highest BCUT2D eigenvalue weighted by Gasteiger charge is 2.40. The van der Waals surface area contributed by atoms with Gasteiger partial charge in [0.15, 0.2) is 0 Å². The number of carbonyl (C=O) groups excluding carboxylic acids is 1. The van der Waals surface area contributed by atoms with Crippen molar-refractivity contribution in [2.24, 2.45) is 11.3 Å². The average molecular weight is 444 g/mol. The van der Waals surface area contributed by atoms with Gasteiger partial charge in [0.2, 0.25) is 11.9 Å². The summed E-state index contributed by atoms with van der Waals surface area (Å²) in [4.78, 5) is 31.2. The molecule has 0 bridgehead atoms. The van der Waals surface area contributed by atoms with E-state index in [0.717, 1.165) is 69.7 Å². The quantitative estimate of drug-likeness (QED) is 0.594. The van der Waals surface area contributed by atoms with E-state index in [-0.39, 0.29) is 5.41 Å². The molecule has 0 radical (unpaired) electrons. The van der Waals surface area contributed by atoms with Crippen LogP contribution in [0.4, 0.5) is 5.95 Å². The predicted octanol–water partition coefficient (Wildman–Crippen LogP) is 4.50. The Morgan fingerprint density at radius 3 is 2.55 bits per heavy atom. The zero-order chi connectivity index (χ0) is 22.7. The van der Waals surface area contributed by atoms with Gasteiger partial charge in [-0.25, -0.2) is 9.97 Å². The summed E-state index contributed by atoms with van der Waals surface area (Å²) >= 11 is 0. The molecule has 1 aromatic carbocycles. The highest BCUT2D eigenvalue weighted by Crippen LogP contribution is 2.35. The molecular weight excluding hydrogens is 410 g/mol. The molecule has 2 saturated heterocycles. The Labute approximate surface area is 196 Å². The second-order valence-corrected chi connectivity index (χ2v) is 9.88. The molecule has 4 heterocycles. The number of fused-ring (bicyclic) bond motifs is 1. The van der Waals surface area contributed by atoms with E-state index < -0.39 is 0 Å². The summed E-state index contributed by atoms with van der Waals surface area (Å²) in [5.41, 5.74) is 2.17. The second-order valence-electron chi connectivity index (χ2n) is 9.88. The van der Waals surface area contributed by atoms with Gasteiger partial charge in [0.05, 0.1) is 5.52 Å². The summed E-state index contributed by atoms with van der Waals surface area (Å²) in [5, 5.41) is 1.26. The first-order valence-corrected chi connectivity index (χ1v) is 12.3. The van der Waals surface area contributed by atoms with Crippen LogP contribution < -0.4 is 4.90 Å². The van der Waals surface area contributed by atoms with Crippen LogP contribution in [0.1, 0.15) is 44.6 Å². The van der Waals surface area contributed by atoms with Crippen molar-refractivity contribution in [2.75, 3.05) is 31.1 Å². The number of rotatable bonds is 4. The van der Waals surface area contributed by atoms with Crippen LogP contribution in [0, 0.1) is 11.3 Å². The molecule has 6 heteroatoms. The summed E-state index contributed by atoms with van der Waals surface area (Å²) in [6.45, 7) is 5.57. The lowest BCUT2D eigenvalue weighted by Gasteiger charge is -2.41. The van der Waals surface area contributed by atoms with E-state index in [4.69, 9.17) is 0 Å². The maximum absolute atomic E-state index is 13.6. The van der Waals surface area contributed by atoms with E-state index in [0.29, 0.717) is 11.8 Å². The average Bonchev–Trinajstić information content (AvgIpc) is 3.10. The Hall–Kier alpha value is -3.02. The number of aromatic nitrogens is 3. The molecular formula is C27H33N5O. The fourth-order valence-electron chi connectivity index (χ4n) is 5.48. The summed E-state index contributed by atoms with van der Waals surface area (Å²) in [5.74, 6) is 1.72. The maximum Gasteiger partial charge on any atom is 0.228 e. The minimum atomic E-state index is -0.285. The topological polar surface area (TPSA) is 62.2 Å². The number of piperidine rings is 1. The van der Waals surface area contributed by atoms with Crippen LogP contribution in [0.3, 0.4) is 0 Å². The zero-order valence-corrected chi connectivity index (χ0v) is 19.5. The van der Waals surface area contributed by atoms with Gasteiger partial charge in [-0.2, -0.15) is 0 Å². The molecule has 2 fully saturated rings. The van der Waals surface area contributed by atoms with E-state index in [2.05, 4.69) is 55.9 Å². The van der Waals surface area contributed by atoms with E-state index >= 15 is 0 Å². The van der Waals surface area contributed by atoms with Gasteiger partial charge >= 0.3 is 0 Å². The molecule has 172 valence electrons. The van der Waals surface area contributed by atoms with Gasteiger partial charge in [-0.05, 0) is 68.2 Å². The van der Waals surface area contributed by atoms with Crippen molar-refractivity contribution < 1.29 is 4.79 Å². The second kappa shape index (κ2) is 9.46. The van der Waals surface area contributed by atoms with Crippen molar-refractivity contribution in [2.45, 2.75) is 45.4 Å². The van der Waals surface area contributed by atoms with Crippen molar-refractivity contribution in [3.8, 4) is 0 Å². The van der Waals surface area contributed by atoms with Crippen molar-refractivity contribution in [3.05, 3.63) is 60.6 Å². The third kappa shape index (κ3) is 4.70. The van der Waals surface area contributed by atoms with E-state index in [1.807, 2.05) is 18.3 Å². The number of hydrogen-bond donors (Lipinski definition) is 0. The molecule has 0 spiro atoms. The minimum Gasteiger partial charge on any atom is -0.342 e. The molecule has 1 amide bonds. The molecule has 2 aliphatic rings. The van der Waals surface area contributed by atoms with Crippen LogP contribution in [-0.4, -0.2) is 51.9 Å². The van der Waals surface area contributed by atoms with Crippen molar-refractivity contribution in [1.29, 1.82) is 0 Å². The molecule has 2 aromatic heterocycles. The summed E-state index contributed by atoms with van der Waals surface area (Å²) in [6.07, 6.45) is 11.5.